The minimum absolute atomic E-state index is 0.0705. The molecule has 0 bridgehead atoms. The highest BCUT2D eigenvalue weighted by Crippen LogP contribution is 2.26. The van der Waals surface area contributed by atoms with Crippen molar-refractivity contribution in [3.8, 4) is 11.1 Å². The highest BCUT2D eigenvalue weighted by atomic mass is 16.2. The first-order chi connectivity index (χ1) is 15.5. The van der Waals surface area contributed by atoms with Gasteiger partial charge >= 0.3 is 6.03 Å². The van der Waals surface area contributed by atoms with Crippen LogP contribution in [0, 0.1) is 0 Å². The number of hydrogen-bond acceptors (Lipinski definition) is 2. The Morgan fingerprint density at radius 2 is 1.41 bits per heavy atom. The molecule has 1 unspecified atom stereocenters. The van der Waals surface area contributed by atoms with Gasteiger partial charge in [0.2, 0.25) is 0 Å². The van der Waals surface area contributed by atoms with E-state index in [1.165, 1.54) is 11.1 Å². The number of benzene rings is 3. The first-order valence-corrected chi connectivity index (χ1v) is 11.6. The smallest absolute Gasteiger partial charge is 0.326 e. The van der Waals surface area contributed by atoms with Gasteiger partial charge in [-0.05, 0) is 53.8 Å². The van der Waals surface area contributed by atoms with Gasteiger partial charge in [0, 0.05) is 31.0 Å². The van der Waals surface area contributed by atoms with Crippen LogP contribution in [-0.4, -0.2) is 25.7 Å². The molecule has 2 N–H and O–H groups in total. The molecule has 4 heteroatoms. The predicted molar refractivity (Wildman–Crippen MR) is 136 cm³/mol. The Labute approximate surface area is 192 Å². The van der Waals surface area contributed by atoms with Crippen molar-refractivity contribution in [2.75, 3.05) is 23.4 Å². The molecule has 0 fully saturated rings. The molecule has 32 heavy (non-hydrogen) atoms. The lowest BCUT2D eigenvalue weighted by molar-refractivity contribution is 0.252. The maximum atomic E-state index is 13.4. The van der Waals surface area contributed by atoms with Crippen LogP contribution in [-0.2, 0) is 6.42 Å². The van der Waals surface area contributed by atoms with Crippen molar-refractivity contribution >= 4 is 17.4 Å². The summed E-state index contributed by atoms with van der Waals surface area (Å²) in [6.45, 7) is 4.79. The maximum absolute atomic E-state index is 13.4. The number of carbonyl (C=O) groups is 1. The molecule has 0 saturated heterocycles. The number of aryl methyl sites for hydroxylation is 1. The van der Waals surface area contributed by atoms with Gasteiger partial charge in [0.25, 0.3) is 0 Å². The molecule has 1 atom stereocenters. The number of urea groups is 1. The van der Waals surface area contributed by atoms with E-state index in [0.29, 0.717) is 6.54 Å². The molecule has 0 saturated carbocycles. The fourth-order valence-corrected chi connectivity index (χ4v) is 3.92. The van der Waals surface area contributed by atoms with Crippen LogP contribution < -0.4 is 15.5 Å². The van der Waals surface area contributed by atoms with Gasteiger partial charge in [0.1, 0.15) is 0 Å². The molecular formula is C28H35N3O. The highest BCUT2D eigenvalue weighted by molar-refractivity contribution is 6.03. The monoisotopic (exact) mass is 429 g/mol. The average Bonchev–Trinajstić information content (AvgIpc) is 2.83. The summed E-state index contributed by atoms with van der Waals surface area (Å²) in [7, 11) is 1.81. The van der Waals surface area contributed by atoms with E-state index in [1.54, 1.807) is 9.80 Å². The lowest BCUT2D eigenvalue weighted by atomic mass is 10.0. The Morgan fingerprint density at radius 1 is 0.812 bits per heavy atom. The minimum atomic E-state index is -0.0839. The van der Waals surface area contributed by atoms with Crippen LogP contribution in [0.25, 0.3) is 11.1 Å². The maximum Gasteiger partial charge on any atom is 0.328 e. The third-order valence-corrected chi connectivity index (χ3v) is 5.74. The van der Waals surface area contributed by atoms with Crippen LogP contribution in [0.2, 0.25) is 0 Å². The van der Waals surface area contributed by atoms with Crippen LogP contribution in [0.4, 0.5) is 16.2 Å². The Kier molecular flexibility index (Phi) is 8.46. The second kappa shape index (κ2) is 11.5. The molecule has 0 aliphatic carbocycles. The van der Waals surface area contributed by atoms with Crippen LogP contribution >= 0.6 is 0 Å². The standard InChI is InChI=1S/C28H35N3O/c1-4-9-22-13-15-23(16-14-22)24-17-19-27(20-18-24)31(21-25(29)10-5-2)28(32)30(3)26-11-7-6-8-12-26/h6-8,11-20,25H,4-5,9-10,21,29H2,1-3H3. The van der Waals surface area contributed by atoms with Crippen LogP contribution in [0.5, 0.6) is 0 Å². The zero-order valence-corrected chi connectivity index (χ0v) is 19.5. The van der Waals surface area contributed by atoms with Gasteiger partial charge in [-0.2, -0.15) is 0 Å². The SMILES string of the molecule is CCCc1ccc(-c2ccc(N(CC(N)CCC)C(=O)N(C)c3ccccc3)cc2)cc1. The van der Waals surface area contributed by atoms with Crippen molar-refractivity contribution in [2.24, 2.45) is 5.73 Å². The number of carbonyl (C=O) groups excluding carboxylic acids is 1. The molecule has 3 aromatic rings. The van der Waals surface area contributed by atoms with E-state index in [9.17, 15) is 4.79 Å². The van der Waals surface area contributed by atoms with Crippen LogP contribution in [0.3, 0.4) is 0 Å². The first kappa shape index (κ1) is 23.6. The lowest BCUT2D eigenvalue weighted by Crippen LogP contribution is -2.47. The van der Waals surface area contributed by atoms with E-state index in [2.05, 4.69) is 50.2 Å². The van der Waals surface area contributed by atoms with Crippen molar-refractivity contribution in [1.29, 1.82) is 0 Å². The quantitative estimate of drug-likeness (QED) is 0.422. The second-order valence-corrected chi connectivity index (χ2v) is 8.33. The molecule has 3 aromatic carbocycles. The topological polar surface area (TPSA) is 49.6 Å². The van der Waals surface area contributed by atoms with E-state index in [-0.39, 0.29) is 12.1 Å². The fourth-order valence-electron chi connectivity index (χ4n) is 3.92. The Hall–Kier alpha value is -3.11. The summed E-state index contributed by atoms with van der Waals surface area (Å²) in [6, 6.07) is 26.5. The number of anilines is 2. The number of nitrogens with two attached hydrogens (primary N) is 1. The van der Waals surface area contributed by atoms with E-state index < -0.39 is 0 Å². The summed E-state index contributed by atoms with van der Waals surface area (Å²) >= 11 is 0. The summed E-state index contributed by atoms with van der Waals surface area (Å²) in [5, 5.41) is 0. The van der Waals surface area contributed by atoms with E-state index in [0.717, 1.165) is 42.6 Å². The Balaban J connectivity index is 1.84. The van der Waals surface area contributed by atoms with Crippen molar-refractivity contribution < 1.29 is 4.79 Å². The first-order valence-electron chi connectivity index (χ1n) is 11.6. The van der Waals surface area contributed by atoms with E-state index in [4.69, 9.17) is 5.73 Å². The Morgan fingerprint density at radius 3 is 1.97 bits per heavy atom. The molecule has 2 amide bonds. The summed E-state index contributed by atoms with van der Waals surface area (Å²) in [6.07, 6.45) is 4.12. The molecule has 0 aromatic heterocycles. The second-order valence-electron chi connectivity index (χ2n) is 8.33. The van der Waals surface area contributed by atoms with Gasteiger partial charge in [-0.15, -0.1) is 0 Å². The normalized spacial score (nSPS) is 11.8. The third-order valence-electron chi connectivity index (χ3n) is 5.74. The summed E-state index contributed by atoms with van der Waals surface area (Å²) in [4.78, 5) is 16.9. The zero-order chi connectivity index (χ0) is 22.9. The molecule has 0 aliphatic rings. The average molecular weight is 430 g/mol. The molecule has 0 spiro atoms. The van der Waals surface area contributed by atoms with Gasteiger partial charge in [0.15, 0.2) is 0 Å². The molecular weight excluding hydrogens is 394 g/mol. The molecule has 4 nitrogen and oxygen atoms in total. The predicted octanol–water partition coefficient (Wildman–Crippen LogP) is 6.50. The number of hydrogen-bond donors (Lipinski definition) is 1. The van der Waals surface area contributed by atoms with Gasteiger partial charge in [-0.1, -0.05) is 81.3 Å². The number of para-hydroxylation sites is 1. The van der Waals surface area contributed by atoms with Gasteiger partial charge < -0.3 is 5.73 Å². The summed E-state index contributed by atoms with van der Waals surface area (Å²) in [5.74, 6) is 0. The van der Waals surface area contributed by atoms with E-state index >= 15 is 0 Å². The van der Waals surface area contributed by atoms with Crippen molar-refractivity contribution in [3.05, 3.63) is 84.4 Å². The molecule has 0 heterocycles. The van der Waals surface area contributed by atoms with Crippen molar-refractivity contribution in [2.45, 2.75) is 45.6 Å². The molecule has 3 rings (SSSR count). The van der Waals surface area contributed by atoms with Crippen molar-refractivity contribution in [3.63, 3.8) is 0 Å². The fraction of sp³-hybridized carbons (Fsp3) is 0.321. The van der Waals surface area contributed by atoms with Gasteiger partial charge in [-0.3, -0.25) is 9.80 Å². The minimum Gasteiger partial charge on any atom is -0.326 e. The molecule has 0 radical (unpaired) electrons. The van der Waals surface area contributed by atoms with Crippen molar-refractivity contribution in [1.82, 2.24) is 0 Å². The summed E-state index contributed by atoms with van der Waals surface area (Å²) < 4.78 is 0. The lowest BCUT2D eigenvalue weighted by Gasteiger charge is -2.30. The largest absolute Gasteiger partial charge is 0.328 e. The number of amides is 2. The third kappa shape index (κ3) is 5.98. The number of rotatable bonds is 9. The van der Waals surface area contributed by atoms with Crippen LogP contribution in [0.15, 0.2) is 78.9 Å². The Bertz CT molecular complexity index is 968. The molecule has 0 aliphatic heterocycles. The zero-order valence-electron chi connectivity index (χ0n) is 19.5. The van der Waals surface area contributed by atoms with E-state index in [1.807, 2.05) is 49.5 Å². The van der Waals surface area contributed by atoms with Gasteiger partial charge in [-0.25, -0.2) is 4.79 Å². The van der Waals surface area contributed by atoms with Gasteiger partial charge in [0.05, 0.1) is 0 Å². The number of nitrogens with zero attached hydrogens (tertiary/aromatic N) is 2. The highest BCUT2D eigenvalue weighted by Gasteiger charge is 2.23. The van der Waals surface area contributed by atoms with Crippen LogP contribution in [0.1, 0.15) is 38.7 Å². The molecule has 168 valence electrons. The summed E-state index contributed by atoms with van der Waals surface area (Å²) in [5.41, 5.74) is 11.7.